The molecule has 0 aromatic heterocycles. The molecule has 0 radical (unpaired) electrons. The first-order valence-corrected chi connectivity index (χ1v) is 7.67. The van der Waals surface area contributed by atoms with Gasteiger partial charge in [0.1, 0.15) is 5.82 Å². The van der Waals surface area contributed by atoms with Crippen molar-refractivity contribution in [2.75, 3.05) is 5.33 Å². The van der Waals surface area contributed by atoms with Crippen LogP contribution in [0, 0.1) is 5.82 Å². The van der Waals surface area contributed by atoms with Crippen LogP contribution in [0.15, 0.2) is 22.7 Å². The number of amides is 1. The summed E-state index contributed by atoms with van der Waals surface area (Å²) in [5, 5.41) is 3.77. The van der Waals surface area contributed by atoms with Gasteiger partial charge in [-0.25, -0.2) is 4.39 Å². The van der Waals surface area contributed by atoms with Gasteiger partial charge in [0, 0.05) is 10.9 Å². The molecule has 0 aliphatic heterocycles. The van der Waals surface area contributed by atoms with E-state index < -0.39 is 5.82 Å². The molecule has 1 atom stereocenters. The number of halogens is 3. The topological polar surface area (TPSA) is 29.1 Å². The van der Waals surface area contributed by atoms with Crippen LogP contribution in [0.25, 0.3) is 0 Å². The zero-order valence-corrected chi connectivity index (χ0v) is 13.6. The molecule has 1 amide bonds. The van der Waals surface area contributed by atoms with E-state index >= 15 is 0 Å². The molecule has 0 saturated carbocycles. The Bertz CT molecular complexity index is 439. The lowest BCUT2D eigenvalue weighted by molar-refractivity contribution is 0.0900. The number of carbonyl (C=O) groups excluding carboxylic acids is 1. The van der Waals surface area contributed by atoms with Gasteiger partial charge in [-0.1, -0.05) is 28.9 Å². The molecule has 0 saturated heterocycles. The van der Waals surface area contributed by atoms with E-state index in [1.54, 1.807) is 6.07 Å². The standard InChI is InChI=1S/C13H16Br2FNO/c1-3-13(2,7-8-14)17-12(18)9-5-4-6-10(16)11(9)15/h4-6H,3,7-8H2,1-2H3,(H,17,18). The van der Waals surface area contributed by atoms with Crippen molar-refractivity contribution in [2.45, 2.75) is 32.2 Å². The van der Waals surface area contributed by atoms with Crippen LogP contribution in [0.1, 0.15) is 37.0 Å². The van der Waals surface area contributed by atoms with Gasteiger partial charge in [0.15, 0.2) is 0 Å². The smallest absolute Gasteiger partial charge is 0.252 e. The van der Waals surface area contributed by atoms with Crippen molar-refractivity contribution in [3.63, 3.8) is 0 Å². The summed E-state index contributed by atoms with van der Waals surface area (Å²) >= 11 is 6.48. The fourth-order valence-corrected chi connectivity index (χ4v) is 2.88. The highest BCUT2D eigenvalue weighted by molar-refractivity contribution is 9.10. The maximum atomic E-state index is 13.4. The van der Waals surface area contributed by atoms with E-state index in [1.165, 1.54) is 12.1 Å². The Morgan fingerprint density at radius 3 is 2.72 bits per heavy atom. The lowest BCUT2D eigenvalue weighted by Gasteiger charge is -2.29. The average molecular weight is 381 g/mol. The Kier molecular flexibility index (Phi) is 5.79. The molecule has 100 valence electrons. The molecule has 5 heteroatoms. The van der Waals surface area contributed by atoms with Crippen molar-refractivity contribution in [1.82, 2.24) is 5.32 Å². The van der Waals surface area contributed by atoms with Crippen LogP contribution in [0.5, 0.6) is 0 Å². The first kappa shape index (κ1) is 15.6. The van der Waals surface area contributed by atoms with E-state index in [0.29, 0.717) is 5.56 Å². The first-order valence-electron chi connectivity index (χ1n) is 5.76. The van der Waals surface area contributed by atoms with Crippen LogP contribution >= 0.6 is 31.9 Å². The van der Waals surface area contributed by atoms with Crippen molar-refractivity contribution in [1.29, 1.82) is 0 Å². The summed E-state index contributed by atoms with van der Waals surface area (Å²) in [6.45, 7) is 4.00. The molecule has 0 spiro atoms. The van der Waals surface area contributed by atoms with Crippen LogP contribution in [-0.4, -0.2) is 16.8 Å². The third-order valence-corrected chi connectivity index (χ3v) is 4.24. The number of hydrogen-bond acceptors (Lipinski definition) is 1. The number of alkyl halides is 1. The van der Waals surface area contributed by atoms with Crippen LogP contribution in [-0.2, 0) is 0 Å². The van der Waals surface area contributed by atoms with Crippen molar-refractivity contribution < 1.29 is 9.18 Å². The van der Waals surface area contributed by atoms with Crippen molar-refractivity contribution >= 4 is 37.8 Å². The van der Waals surface area contributed by atoms with Crippen molar-refractivity contribution in [3.8, 4) is 0 Å². The largest absolute Gasteiger partial charge is 0.347 e. The van der Waals surface area contributed by atoms with E-state index in [1.807, 2.05) is 13.8 Å². The average Bonchev–Trinajstić information content (AvgIpc) is 2.32. The van der Waals surface area contributed by atoms with E-state index in [0.717, 1.165) is 18.2 Å². The van der Waals surface area contributed by atoms with Gasteiger partial charge in [-0.2, -0.15) is 0 Å². The van der Waals surface area contributed by atoms with Gasteiger partial charge in [0.25, 0.3) is 5.91 Å². The van der Waals surface area contributed by atoms with Crippen molar-refractivity contribution in [2.24, 2.45) is 0 Å². The minimum atomic E-state index is -0.429. The predicted octanol–water partition coefficient (Wildman–Crippen LogP) is 4.27. The summed E-state index contributed by atoms with van der Waals surface area (Å²) in [5.41, 5.74) is 0.0380. The number of rotatable bonds is 5. The van der Waals surface area contributed by atoms with E-state index in [-0.39, 0.29) is 15.9 Å². The second-order valence-electron chi connectivity index (χ2n) is 4.41. The summed E-state index contributed by atoms with van der Waals surface area (Å²) in [4.78, 5) is 12.1. The summed E-state index contributed by atoms with van der Waals surface area (Å²) in [6, 6.07) is 4.45. The summed E-state index contributed by atoms with van der Waals surface area (Å²) in [7, 11) is 0. The number of carbonyl (C=O) groups is 1. The minimum absolute atomic E-state index is 0.208. The summed E-state index contributed by atoms with van der Waals surface area (Å²) in [5.74, 6) is -0.687. The molecular weight excluding hydrogens is 365 g/mol. The molecule has 1 aromatic rings. The van der Waals surface area contributed by atoms with Gasteiger partial charge in [-0.15, -0.1) is 0 Å². The molecule has 1 unspecified atom stereocenters. The Hall–Kier alpha value is -0.420. The van der Waals surface area contributed by atoms with Crippen LogP contribution in [0.2, 0.25) is 0 Å². The van der Waals surface area contributed by atoms with Gasteiger partial charge in [-0.3, -0.25) is 4.79 Å². The maximum Gasteiger partial charge on any atom is 0.252 e. The van der Waals surface area contributed by atoms with Gasteiger partial charge in [-0.05, 0) is 47.8 Å². The Morgan fingerprint density at radius 1 is 1.50 bits per heavy atom. The molecule has 0 bridgehead atoms. The number of hydrogen-bond donors (Lipinski definition) is 1. The monoisotopic (exact) mass is 379 g/mol. The van der Waals surface area contributed by atoms with Gasteiger partial charge < -0.3 is 5.32 Å². The Labute approximate surface area is 124 Å². The van der Waals surface area contributed by atoms with Gasteiger partial charge >= 0.3 is 0 Å². The van der Waals surface area contributed by atoms with E-state index in [9.17, 15) is 9.18 Å². The second kappa shape index (κ2) is 6.66. The number of benzene rings is 1. The quantitative estimate of drug-likeness (QED) is 0.759. The fourth-order valence-electron chi connectivity index (χ4n) is 1.56. The zero-order valence-electron chi connectivity index (χ0n) is 10.4. The Morgan fingerprint density at radius 2 is 2.17 bits per heavy atom. The van der Waals surface area contributed by atoms with Crippen LogP contribution in [0.3, 0.4) is 0 Å². The molecule has 1 N–H and O–H groups in total. The molecule has 1 aromatic carbocycles. The highest BCUT2D eigenvalue weighted by Crippen LogP contribution is 2.22. The lowest BCUT2D eigenvalue weighted by Crippen LogP contribution is -2.46. The molecular formula is C13H16Br2FNO. The van der Waals surface area contributed by atoms with Gasteiger partial charge in [0.05, 0.1) is 10.0 Å². The highest BCUT2D eigenvalue weighted by atomic mass is 79.9. The zero-order chi connectivity index (χ0) is 13.8. The van der Waals surface area contributed by atoms with Crippen LogP contribution < -0.4 is 5.32 Å². The molecule has 0 aliphatic rings. The minimum Gasteiger partial charge on any atom is -0.347 e. The normalized spacial score (nSPS) is 14.1. The second-order valence-corrected chi connectivity index (χ2v) is 5.99. The Balaban J connectivity index is 2.91. The third-order valence-electron chi connectivity index (χ3n) is 3.04. The SMILES string of the molecule is CCC(C)(CCBr)NC(=O)c1cccc(F)c1Br. The number of nitrogens with one attached hydrogen (secondary N) is 1. The fraction of sp³-hybridized carbons (Fsp3) is 0.462. The van der Waals surface area contributed by atoms with Gasteiger partial charge in [0.2, 0.25) is 0 Å². The highest BCUT2D eigenvalue weighted by Gasteiger charge is 2.25. The van der Waals surface area contributed by atoms with E-state index in [4.69, 9.17) is 0 Å². The third kappa shape index (κ3) is 3.79. The molecule has 1 rings (SSSR count). The maximum absolute atomic E-state index is 13.4. The molecule has 0 heterocycles. The van der Waals surface area contributed by atoms with E-state index in [2.05, 4.69) is 37.2 Å². The predicted molar refractivity (Wildman–Crippen MR) is 78.7 cm³/mol. The molecule has 2 nitrogen and oxygen atoms in total. The van der Waals surface area contributed by atoms with Crippen molar-refractivity contribution in [3.05, 3.63) is 34.1 Å². The summed E-state index contributed by atoms with van der Waals surface area (Å²) < 4.78 is 13.6. The molecule has 0 aliphatic carbocycles. The first-order chi connectivity index (χ1) is 8.43. The lowest BCUT2D eigenvalue weighted by atomic mass is 9.95. The molecule has 18 heavy (non-hydrogen) atoms. The summed E-state index contributed by atoms with van der Waals surface area (Å²) in [6.07, 6.45) is 1.64. The van der Waals surface area contributed by atoms with Crippen LogP contribution in [0.4, 0.5) is 4.39 Å². The molecule has 0 fully saturated rings.